The maximum atomic E-state index is 8.89. The first-order valence-corrected chi connectivity index (χ1v) is 9.39. The van der Waals surface area contributed by atoms with Gasteiger partial charge in [-0.3, -0.25) is 10.1 Å². The Morgan fingerprint density at radius 3 is 2.81 bits per heavy atom. The molecule has 3 aromatic rings. The summed E-state index contributed by atoms with van der Waals surface area (Å²) >= 11 is 0. The molecule has 0 bridgehead atoms. The van der Waals surface area contributed by atoms with Crippen molar-refractivity contribution >= 4 is 28.4 Å². The number of aromatic nitrogens is 4. The molecule has 1 saturated carbocycles. The molecule has 3 aromatic heterocycles. The maximum absolute atomic E-state index is 8.89. The van der Waals surface area contributed by atoms with Crippen molar-refractivity contribution in [3.05, 3.63) is 36.2 Å². The number of anilines is 3. The van der Waals surface area contributed by atoms with Crippen LogP contribution < -0.4 is 10.6 Å². The fraction of sp³-hybridized carbons (Fsp3) is 0.400. The quantitative estimate of drug-likeness (QED) is 0.626. The minimum absolute atomic E-state index is 0.374. The summed E-state index contributed by atoms with van der Waals surface area (Å²) in [7, 11) is 0. The largest absolute Gasteiger partial charge is 0.367 e. The topological polar surface area (TPSA) is 102 Å². The van der Waals surface area contributed by atoms with Gasteiger partial charge in [-0.15, -0.1) is 0 Å². The van der Waals surface area contributed by atoms with Gasteiger partial charge in [-0.1, -0.05) is 0 Å². The number of aromatic amines is 1. The smallest absolute Gasteiger partial charge is 0.153 e. The van der Waals surface area contributed by atoms with Crippen LogP contribution in [0.2, 0.25) is 0 Å². The van der Waals surface area contributed by atoms with Crippen LogP contribution in [0.1, 0.15) is 37.8 Å². The number of nitrogens with zero attached hydrogens (tertiary/aromatic N) is 4. The van der Waals surface area contributed by atoms with E-state index in [1.54, 1.807) is 6.20 Å². The van der Waals surface area contributed by atoms with Crippen LogP contribution in [0.3, 0.4) is 0 Å². The Labute approximate surface area is 158 Å². The molecule has 0 unspecified atom stereocenters. The number of aryl methyl sites for hydroxylation is 1. The molecule has 1 fully saturated rings. The molecule has 138 valence electrons. The predicted molar refractivity (Wildman–Crippen MR) is 106 cm³/mol. The Kier molecular flexibility index (Phi) is 4.88. The number of hydrogen-bond donors (Lipinski definition) is 3. The van der Waals surface area contributed by atoms with Gasteiger partial charge >= 0.3 is 0 Å². The SMILES string of the molecule is Cc1cc(Nc2cc3ncccc3c(N[C@H]3CC[C@@H](CC#N)CC3)n2)n[nH]1. The van der Waals surface area contributed by atoms with Crippen molar-refractivity contribution in [2.24, 2.45) is 5.92 Å². The van der Waals surface area contributed by atoms with E-state index in [9.17, 15) is 0 Å². The number of pyridine rings is 2. The van der Waals surface area contributed by atoms with Crippen molar-refractivity contribution in [3.63, 3.8) is 0 Å². The molecule has 0 spiro atoms. The van der Waals surface area contributed by atoms with Gasteiger partial charge in [0.05, 0.1) is 11.6 Å². The highest BCUT2D eigenvalue weighted by molar-refractivity contribution is 5.91. The van der Waals surface area contributed by atoms with Crippen LogP contribution in [0, 0.1) is 24.2 Å². The molecule has 1 aliphatic carbocycles. The Morgan fingerprint density at radius 2 is 2.07 bits per heavy atom. The van der Waals surface area contributed by atoms with E-state index in [-0.39, 0.29) is 0 Å². The van der Waals surface area contributed by atoms with Crippen molar-refractivity contribution in [2.45, 2.75) is 45.1 Å². The monoisotopic (exact) mass is 361 g/mol. The zero-order valence-electron chi connectivity index (χ0n) is 15.4. The first-order valence-electron chi connectivity index (χ1n) is 9.39. The normalized spacial score (nSPS) is 19.6. The molecule has 0 aromatic carbocycles. The zero-order chi connectivity index (χ0) is 18.6. The molecule has 3 heterocycles. The number of rotatable bonds is 5. The molecule has 0 amide bonds. The third-order valence-corrected chi connectivity index (χ3v) is 5.13. The van der Waals surface area contributed by atoms with Gasteiger partial charge in [0.1, 0.15) is 11.6 Å². The Balaban J connectivity index is 1.56. The molecular weight excluding hydrogens is 338 g/mol. The van der Waals surface area contributed by atoms with E-state index >= 15 is 0 Å². The third kappa shape index (κ3) is 4.00. The molecule has 4 rings (SSSR count). The highest BCUT2D eigenvalue weighted by Gasteiger charge is 2.22. The fourth-order valence-electron chi connectivity index (χ4n) is 3.70. The molecule has 0 atom stereocenters. The van der Waals surface area contributed by atoms with Crippen LogP contribution in [0.4, 0.5) is 17.5 Å². The molecule has 0 aliphatic heterocycles. The average molecular weight is 361 g/mol. The summed E-state index contributed by atoms with van der Waals surface area (Å²) in [5, 5.41) is 23.9. The fourth-order valence-corrected chi connectivity index (χ4v) is 3.70. The lowest BCUT2D eigenvalue weighted by molar-refractivity contribution is 0.342. The zero-order valence-corrected chi connectivity index (χ0v) is 15.4. The summed E-state index contributed by atoms with van der Waals surface area (Å²) in [4.78, 5) is 9.28. The van der Waals surface area contributed by atoms with Crippen LogP contribution >= 0.6 is 0 Å². The van der Waals surface area contributed by atoms with E-state index in [2.05, 4.69) is 31.9 Å². The summed E-state index contributed by atoms with van der Waals surface area (Å²) in [5.74, 6) is 2.83. The van der Waals surface area contributed by atoms with Crippen LogP contribution in [0.15, 0.2) is 30.5 Å². The predicted octanol–water partition coefficient (Wildman–Crippen LogP) is 4.29. The third-order valence-electron chi connectivity index (χ3n) is 5.13. The number of hydrogen-bond acceptors (Lipinski definition) is 6. The first-order chi connectivity index (χ1) is 13.2. The summed E-state index contributed by atoms with van der Waals surface area (Å²) in [6, 6.07) is 10.5. The number of fused-ring (bicyclic) bond motifs is 1. The first kappa shape index (κ1) is 17.3. The van der Waals surface area contributed by atoms with Crippen molar-refractivity contribution < 1.29 is 0 Å². The summed E-state index contributed by atoms with van der Waals surface area (Å²) in [5.41, 5.74) is 1.88. The number of nitrogens with one attached hydrogen (secondary N) is 3. The minimum atomic E-state index is 0.374. The molecule has 3 N–H and O–H groups in total. The van der Waals surface area contributed by atoms with Crippen LogP contribution in [0.25, 0.3) is 10.9 Å². The molecular formula is C20H23N7. The van der Waals surface area contributed by atoms with E-state index in [1.807, 2.05) is 31.2 Å². The van der Waals surface area contributed by atoms with E-state index in [1.165, 1.54) is 0 Å². The standard InChI is InChI=1S/C20H23N7/c1-13-11-19(27-26-13)24-18-12-17-16(3-2-10-22-17)20(25-18)23-15-6-4-14(5-7-15)8-9-21/h2-3,10-12,14-15H,4-8H2,1H3,(H3,23,24,25,26,27)/t14-,15+. The second kappa shape index (κ2) is 7.62. The molecule has 0 radical (unpaired) electrons. The van der Waals surface area contributed by atoms with Gasteiger partial charge in [0.25, 0.3) is 0 Å². The summed E-state index contributed by atoms with van der Waals surface area (Å²) in [6.07, 6.45) is 6.76. The van der Waals surface area contributed by atoms with Gasteiger partial charge in [0.15, 0.2) is 5.82 Å². The van der Waals surface area contributed by atoms with Gasteiger partial charge in [-0.05, 0) is 50.7 Å². The van der Waals surface area contributed by atoms with E-state index in [0.29, 0.717) is 24.2 Å². The summed E-state index contributed by atoms with van der Waals surface area (Å²) in [6.45, 7) is 1.96. The van der Waals surface area contributed by atoms with Gasteiger partial charge < -0.3 is 10.6 Å². The summed E-state index contributed by atoms with van der Waals surface area (Å²) < 4.78 is 0. The highest BCUT2D eigenvalue weighted by atomic mass is 15.2. The van der Waals surface area contributed by atoms with E-state index in [0.717, 1.165) is 53.9 Å². The lowest BCUT2D eigenvalue weighted by Crippen LogP contribution is -2.26. The van der Waals surface area contributed by atoms with Gasteiger partial charge in [-0.2, -0.15) is 10.4 Å². The second-order valence-corrected chi connectivity index (χ2v) is 7.21. The van der Waals surface area contributed by atoms with E-state index < -0.39 is 0 Å². The Morgan fingerprint density at radius 1 is 1.22 bits per heavy atom. The van der Waals surface area contributed by atoms with Gasteiger partial charge in [-0.25, -0.2) is 4.98 Å². The Hall–Kier alpha value is -3.14. The number of H-pyrrole nitrogens is 1. The van der Waals surface area contributed by atoms with Crippen LogP contribution in [-0.2, 0) is 0 Å². The number of nitriles is 1. The molecule has 0 saturated heterocycles. The van der Waals surface area contributed by atoms with Crippen molar-refractivity contribution in [3.8, 4) is 6.07 Å². The Bertz CT molecular complexity index is 964. The lowest BCUT2D eigenvalue weighted by Gasteiger charge is -2.28. The van der Waals surface area contributed by atoms with E-state index in [4.69, 9.17) is 10.2 Å². The van der Waals surface area contributed by atoms with Crippen LogP contribution in [0.5, 0.6) is 0 Å². The van der Waals surface area contributed by atoms with Crippen LogP contribution in [-0.4, -0.2) is 26.2 Å². The van der Waals surface area contributed by atoms with Crippen molar-refractivity contribution in [1.82, 2.24) is 20.2 Å². The second-order valence-electron chi connectivity index (χ2n) is 7.21. The van der Waals surface area contributed by atoms with Gasteiger partial charge in [0.2, 0.25) is 0 Å². The minimum Gasteiger partial charge on any atom is -0.367 e. The van der Waals surface area contributed by atoms with Crippen molar-refractivity contribution in [2.75, 3.05) is 10.6 Å². The molecule has 7 heteroatoms. The molecule has 27 heavy (non-hydrogen) atoms. The maximum Gasteiger partial charge on any atom is 0.153 e. The lowest BCUT2D eigenvalue weighted by atomic mass is 9.84. The molecule has 1 aliphatic rings. The average Bonchev–Trinajstić information content (AvgIpc) is 3.08. The highest BCUT2D eigenvalue weighted by Crippen LogP contribution is 2.31. The van der Waals surface area contributed by atoms with Gasteiger partial charge in [0, 0.05) is 41.9 Å². The molecule has 7 nitrogen and oxygen atoms in total. The van der Waals surface area contributed by atoms with Crippen molar-refractivity contribution in [1.29, 1.82) is 5.26 Å².